The fraction of sp³-hybridized carbons (Fsp3) is 0.914. The van der Waals surface area contributed by atoms with Crippen LogP contribution in [0.5, 0.6) is 0 Å². The van der Waals surface area contributed by atoms with Crippen molar-refractivity contribution in [1.29, 1.82) is 0 Å². The molecule has 2 nitrogen and oxygen atoms in total. The molecule has 2 atom stereocenters. The summed E-state index contributed by atoms with van der Waals surface area (Å²) in [6.45, 7) is 9.40. The first-order valence-corrected chi connectivity index (χ1v) is 17.3. The van der Waals surface area contributed by atoms with Gasteiger partial charge in [-0.3, -0.25) is 0 Å². The molecular formula is C35H69N2+. The molecule has 1 N–H and O–H groups in total. The van der Waals surface area contributed by atoms with Gasteiger partial charge in [-0.1, -0.05) is 162 Å². The summed E-state index contributed by atoms with van der Waals surface area (Å²) in [4.78, 5) is 3.72. The second-order valence-corrected chi connectivity index (χ2v) is 12.2. The topological polar surface area (TPSA) is 19.7 Å². The van der Waals surface area contributed by atoms with Crippen LogP contribution in [0.3, 0.4) is 0 Å². The highest BCUT2D eigenvalue weighted by Crippen LogP contribution is 2.27. The lowest BCUT2D eigenvalue weighted by Gasteiger charge is -2.17. The van der Waals surface area contributed by atoms with Gasteiger partial charge in [-0.05, 0) is 32.6 Å². The molecule has 0 radical (unpaired) electrons. The average Bonchev–Trinajstić information content (AvgIpc) is 3.40. The van der Waals surface area contributed by atoms with Crippen LogP contribution in [0.15, 0.2) is 12.4 Å². The Labute approximate surface area is 234 Å². The first kappa shape index (κ1) is 34.2. The van der Waals surface area contributed by atoms with Crippen molar-refractivity contribution in [3.05, 3.63) is 18.2 Å². The lowest BCUT2D eigenvalue weighted by molar-refractivity contribution is -0.727. The van der Waals surface area contributed by atoms with Crippen molar-refractivity contribution in [2.75, 3.05) is 0 Å². The summed E-state index contributed by atoms with van der Waals surface area (Å²) in [6, 6.07) is 0.622. The highest BCUT2D eigenvalue weighted by molar-refractivity contribution is 4.90. The van der Waals surface area contributed by atoms with Gasteiger partial charge in [0.05, 0.1) is 12.0 Å². The van der Waals surface area contributed by atoms with Crippen molar-refractivity contribution >= 4 is 0 Å². The lowest BCUT2D eigenvalue weighted by Crippen LogP contribution is -2.41. The molecular weight excluding hydrogens is 448 g/mol. The first-order chi connectivity index (χ1) is 18.2. The molecule has 0 fully saturated rings. The minimum Gasteiger partial charge on any atom is -0.247 e. The van der Waals surface area contributed by atoms with Gasteiger partial charge in [0, 0.05) is 0 Å². The third-order valence-corrected chi connectivity index (χ3v) is 8.64. The van der Waals surface area contributed by atoms with Crippen LogP contribution < -0.4 is 4.57 Å². The molecule has 0 aliphatic heterocycles. The Morgan fingerprint density at radius 2 is 0.865 bits per heavy atom. The van der Waals surface area contributed by atoms with Crippen LogP contribution in [0.25, 0.3) is 0 Å². The van der Waals surface area contributed by atoms with Crippen molar-refractivity contribution in [1.82, 2.24) is 4.98 Å². The fourth-order valence-electron chi connectivity index (χ4n) is 6.07. The summed E-state index contributed by atoms with van der Waals surface area (Å²) in [7, 11) is 0. The maximum Gasteiger partial charge on any atom is 0.257 e. The molecule has 1 aromatic heterocycles. The molecule has 0 saturated heterocycles. The van der Waals surface area contributed by atoms with Gasteiger partial charge in [0.2, 0.25) is 0 Å². The zero-order valence-electron chi connectivity index (χ0n) is 26.1. The van der Waals surface area contributed by atoms with Crippen molar-refractivity contribution in [2.24, 2.45) is 0 Å². The third kappa shape index (κ3) is 18.2. The van der Waals surface area contributed by atoms with Crippen molar-refractivity contribution in [2.45, 2.75) is 207 Å². The molecule has 0 aliphatic rings. The van der Waals surface area contributed by atoms with Gasteiger partial charge in [-0.25, -0.2) is 9.55 Å². The van der Waals surface area contributed by atoms with Gasteiger partial charge < -0.3 is 0 Å². The number of nitrogens with zero attached hydrogens (tertiary/aromatic N) is 1. The Morgan fingerprint density at radius 3 is 1.27 bits per heavy atom. The Balaban J connectivity index is 2.43. The number of unbranched alkanes of at least 4 members (excludes halogenated alkanes) is 20. The molecule has 1 heterocycles. The molecule has 37 heavy (non-hydrogen) atoms. The molecule has 0 spiro atoms. The standard InChI is InChI=1S/C35H68N2/c1-5-8-11-14-16-18-20-23-25-28-33(4)37-32-31-36-35(37)34(29-26-22-13-10-7-3)30-27-24-21-19-17-15-12-9-6-2/h31-34H,5-30H2,1-4H3/p+1. The predicted octanol–water partition coefficient (Wildman–Crippen LogP) is 12.1. The number of rotatable bonds is 28. The van der Waals surface area contributed by atoms with E-state index in [0.29, 0.717) is 12.0 Å². The van der Waals surface area contributed by atoms with E-state index < -0.39 is 0 Å². The van der Waals surface area contributed by atoms with Gasteiger partial charge in [-0.2, -0.15) is 0 Å². The third-order valence-electron chi connectivity index (χ3n) is 8.64. The van der Waals surface area contributed by atoms with E-state index in [1.54, 1.807) is 0 Å². The number of aromatic nitrogens is 2. The van der Waals surface area contributed by atoms with E-state index in [0.717, 1.165) is 0 Å². The van der Waals surface area contributed by atoms with E-state index >= 15 is 0 Å². The molecule has 218 valence electrons. The summed E-state index contributed by atoms with van der Waals surface area (Å²) in [5, 5.41) is 0. The van der Waals surface area contributed by atoms with Gasteiger partial charge in [-0.15, -0.1) is 0 Å². The maximum atomic E-state index is 3.72. The van der Waals surface area contributed by atoms with Crippen molar-refractivity contribution in [3.8, 4) is 0 Å². The maximum absolute atomic E-state index is 3.72. The molecule has 0 saturated carbocycles. The second-order valence-electron chi connectivity index (χ2n) is 12.2. The number of hydrogen-bond acceptors (Lipinski definition) is 0. The van der Waals surface area contributed by atoms with Crippen LogP contribution in [0.4, 0.5) is 0 Å². The van der Waals surface area contributed by atoms with Crippen LogP contribution in [0.1, 0.15) is 212 Å². The van der Waals surface area contributed by atoms with E-state index in [1.807, 2.05) is 0 Å². The molecule has 1 aromatic rings. The largest absolute Gasteiger partial charge is 0.257 e. The zero-order chi connectivity index (χ0) is 26.8. The molecule has 1 rings (SSSR count). The van der Waals surface area contributed by atoms with Crippen LogP contribution in [0, 0.1) is 0 Å². The summed E-state index contributed by atoms with van der Waals surface area (Å²) in [5.74, 6) is 2.24. The van der Waals surface area contributed by atoms with E-state index in [4.69, 9.17) is 0 Å². The quantitative estimate of drug-likeness (QED) is 0.0842. The minimum atomic E-state index is 0.622. The monoisotopic (exact) mass is 518 g/mol. The Kier molecular flexibility index (Phi) is 23.6. The SMILES string of the molecule is CCCCCCCCCCCC(CCCCCCC)c1[nH]cc[n+]1C(C)CCCCCCCCCCC. The van der Waals surface area contributed by atoms with Gasteiger partial charge >= 0.3 is 0 Å². The number of aromatic amines is 1. The Hall–Kier alpha value is -0.790. The highest BCUT2D eigenvalue weighted by Gasteiger charge is 2.25. The van der Waals surface area contributed by atoms with E-state index in [-0.39, 0.29) is 0 Å². The predicted molar refractivity (Wildman–Crippen MR) is 166 cm³/mol. The summed E-state index contributed by atoms with van der Waals surface area (Å²) in [5.41, 5.74) is 0. The zero-order valence-corrected chi connectivity index (χ0v) is 26.1. The van der Waals surface area contributed by atoms with Gasteiger partial charge in [0.15, 0.2) is 0 Å². The molecule has 2 heteroatoms. The number of H-pyrrole nitrogens is 1. The number of hydrogen-bond donors (Lipinski definition) is 1. The summed E-state index contributed by atoms with van der Waals surface area (Å²) < 4.78 is 2.62. The first-order valence-electron chi connectivity index (χ1n) is 17.3. The van der Waals surface area contributed by atoms with Crippen LogP contribution >= 0.6 is 0 Å². The summed E-state index contributed by atoms with van der Waals surface area (Å²) >= 11 is 0. The van der Waals surface area contributed by atoms with E-state index in [2.05, 4.69) is 49.6 Å². The molecule has 0 amide bonds. The van der Waals surface area contributed by atoms with E-state index in [9.17, 15) is 0 Å². The van der Waals surface area contributed by atoms with Crippen LogP contribution in [-0.4, -0.2) is 4.98 Å². The second kappa shape index (κ2) is 25.5. The number of nitrogens with one attached hydrogen (secondary N) is 1. The molecule has 0 aromatic carbocycles. The normalized spacial score (nSPS) is 13.3. The Bertz CT molecular complexity index is 578. The van der Waals surface area contributed by atoms with Gasteiger partial charge in [0.25, 0.3) is 5.82 Å². The lowest BCUT2D eigenvalue weighted by atomic mass is 9.93. The average molecular weight is 518 g/mol. The molecule has 0 bridgehead atoms. The van der Waals surface area contributed by atoms with Gasteiger partial charge in [0.1, 0.15) is 12.4 Å². The molecule has 0 aliphatic carbocycles. The Morgan fingerprint density at radius 1 is 0.514 bits per heavy atom. The highest BCUT2D eigenvalue weighted by atomic mass is 15.1. The van der Waals surface area contributed by atoms with Crippen LogP contribution in [0.2, 0.25) is 0 Å². The molecule has 2 unspecified atom stereocenters. The minimum absolute atomic E-state index is 0.622. The van der Waals surface area contributed by atoms with E-state index in [1.165, 1.54) is 173 Å². The van der Waals surface area contributed by atoms with Crippen molar-refractivity contribution in [3.63, 3.8) is 0 Å². The van der Waals surface area contributed by atoms with Crippen LogP contribution in [-0.2, 0) is 0 Å². The fourth-order valence-corrected chi connectivity index (χ4v) is 6.07. The van der Waals surface area contributed by atoms with Crippen molar-refractivity contribution < 1.29 is 4.57 Å². The summed E-state index contributed by atoms with van der Waals surface area (Å²) in [6.07, 6.45) is 41.2. The number of imidazole rings is 1. The smallest absolute Gasteiger partial charge is 0.247 e.